The number of hydrogen-bond donors (Lipinski definition) is 3. The molecule has 0 saturated carbocycles. The summed E-state index contributed by atoms with van der Waals surface area (Å²) in [6.07, 6.45) is 6.84. The Bertz CT molecular complexity index is 524. The van der Waals surface area contributed by atoms with Crippen molar-refractivity contribution < 1.29 is 24.6 Å². The maximum Gasteiger partial charge on any atom is 0.414 e. The Kier molecular flexibility index (Phi) is 2.65. The van der Waals surface area contributed by atoms with E-state index >= 15 is 0 Å². The van der Waals surface area contributed by atoms with Crippen LogP contribution in [0.2, 0.25) is 0 Å². The van der Waals surface area contributed by atoms with Gasteiger partial charge in [0.05, 0.1) is 6.04 Å². The number of carboxylic acids is 1. The molecule has 2 aliphatic heterocycles. The highest BCUT2D eigenvalue weighted by atomic mass is 16.7. The number of carboxylic acid groups (broad SMARTS) is 2. The van der Waals surface area contributed by atoms with Crippen LogP contribution in [0.5, 0.6) is 0 Å². The molecule has 3 rings (SSSR count). The molecule has 1 aliphatic carbocycles. The van der Waals surface area contributed by atoms with Crippen LogP contribution in [-0.2, 0) is 9.63 Å². The van der Waals surface area contributed by atoms with E-state index < -0.39 is 18.3 Å². The minimum Gasteiger partial charge on any atom is -0.477 e. The lowest BCUT2D eigenvalue weighted by Crippen LogP contribution is -2.54. The molecule has 1 saturated heterocycles. The van der Waals surface area contributed by atoms with Crippen molar-refractivity contribution in [1.29, 1.82) is 0 Å². The molecular weight excluding hydrogens is 252 g/mol. The smallest absolute Gasteiger partial charge is 0.414 e. The first-order valence-corrected chi connectivity index (χ1v) is 5.83. The van der Waals surface area contributed by atoms with E-state index in [0.717, 1.165) is 4.90 Å². The van der Waals surface area contributed by atoms with E-state index in [1.807, 2.05) is 24.3 Å². The summed E-state index contributed by atoms with van der Waals surface area (Å²) in [6.45, 7) is 0. The van der Waals surface area contributed by atoms with Crippen molar-refractivity contribution in [3.8, 4) is 0 Å². The fourth-order valence-corrected chi connectivity index (χ4v) is 2.73. The van der Waals surface area contributed by atoms with Gasteiger partial charge in [-0.3, -0.25) is 4.84 Å². The molecule has 0 spiro atoms. The van der Waals surface area contributed by atoms with Crippen LogP contribution in [0, 0.1) is 11.8 Å². The van der Waals surface area contributed by atoms with Crippen LogP contribution in [0.1, 0.15) is 0 Å². The monoisotopic (exact) mass is 264 g/mol. The largest absolute Gasteiger partial charge is 0.477 e. The number of hydrogen-bond acceptors (Lipinski definition) is 4. The second-order valence-electron chi connectivity index (χ2n) is 4.59. The highest BCUT2D eigenvalue weighted by molar-refractivity contribution is 5.91. The molecule has 3 N–H and O–H groups in total. The summed E-state index contributed by atoms with van der Waals surface area (Å²) in [5.74, 6) is -1.61. The Morgan fingerprint density at radius 3 is 2.63 bits per heavy atom. The Morgan fingerprint density at radius 1 is 1.21 bits per heavy atom. The van der Waals surface area contributed by atoms with Gasteiger partial charge in [-0.2, -0.15) is 5.48 Å². The molecular formula is C12H12N2O5. The molecule has 0 aromatic carbocycles. The van der Waals surface area contributed by atoms with Crippen LogP contribution in [-0.4, -0.2) is 39.4 Å². The number of nitrogens with one attached hydrogen (secondary N) is 1. The van der Waals surface area contributed by atoms with E-state index in [4.69, 9.17) is 15.1 Å². The minimum absolute atomic E-state index is 0.0255. The Balaban J connectivity index is 1.97. The topological polar surface area (TPSA) is 99.1 Å². The molecule has 7 nitrogen and oxygen atoms in total. The van der Waals surface area contributed by atoms with Gasteiger partial charge < -0.3 is 10.2 Å². The van der Waals surface area contributed by atoms with Crippen molar-refractivity contribution >= 4 is 12.1 Å². The van der Waals surface area contributed by atoms with Gasteiger partial charge in [0.1, 0.15) is 5.70 Å². The highest BCUT2D eigenvalue weighted by Crippen LogP contribution is 2.39. The number of rotatable bonds is 1. The molecule has 1 amide bonds. The molecule has 0 aromatic heterocycles. The van der Waals surface area contributed by atoms with Crippen molar-refractivity contribution in [1.82, 2.24) is 10.4 Å². The number of nitrogens with zero attached hydrogens (tertiary/aromatic N) is 1. The van der Waals surface area contributed by atoms with Crippen molar-refractivity contribution in [2.24, 2.45) is 11.8 Å². The molecule has 19 heavy (non-hydrogen) atoms. The molecule has 4 atom stereocenters. The molecule has 0 aromatic rings. The normalized spacial score (nSPS) is 35.6. The molecule has 1 fully saturated rings. The van der Waals surface area contributed by atoms with Gasteiger partial charge in [-0.05, 0) is 6.08 Å². The van der Waals surface area contributed by atoms with E-state index in [0.29, 0.717) is 0 Å². The maximum absolute atomic E-state index is 11.2. The zero-order chi connectivity index (χ0) is 13.6. The lowest BCUT2D eigenvalue weighted by Gasteiger charge is -2.39. The van der Waals surface area contributed by atoms with E-state index in [1.165, 1.54) is 6.08 Å². The number of allylic oxidation sites excluding steroid dienone is 2. The summed E-state index contributed by atoms with van der Waals surface area (Å²) in [6, 6.07) is -0.0775. The lowest BCUT2D eigenvalue weighted by molar-refractivity contribution is -0.155. The van der Waals surface area contributed by atoms with Gasteiger partial charge in [0, 0.05) is 11.8 Å². The van der Waals surface area contributed by atoms with Crippen LogP contribution >= 0.6 is 0 Å². The number of fused-ring (bicyclic) bond motifs is 3. The molecule has 0 radical (unpaired) electrons. The van der Waals surface area contributed by atoms with Crippen LogP contribution in [0.25, 0.3) is 0 Å². The fraction of sp³-hybridized carbons (Fsp3) is 0.333. The molecule has 4 unspecified atom stereocenters. The van der Waals surface area contributed by atoms with Crippen molar-refractivity contribution in [2.45, 2.75) is 12.3 Å². The lowest BCUT2D eigenvalue weighted by atomic mass is 9.82. The van der Waals surface area contributed by atoms with Crippen LogP contribution in [0.4, 0.5) is 4.79 Å². The maximum atomic E-state index is 11.2. The fourth-order valence-electron chi connectivity index (χ4n) is 2.73. The average Bonchev–Trinajstić information content (AvgIpc) is 2.78. The summed E-state index contributed by atoms with van der Waals surface area (Å²) in [4.78, 5) is 28.4. The minimum atomic E-state index is -1.34. The van der Waals surface area contributed by atoms with Crippen LogP contribution in [0.3, 0.4) is 0 Å². The summed E-state index contributed by atoms with van der Waals surface area (Å²) < 4.78 is 0. The van der Waals surface area contributed by atoms with Gasteiger partial charge in [-0.25, -0.2) is 14.5 Å². The van der Waals surface area contributed by atoms with Gasteiger partial charge >= 0.3 is 12.1 Å². The van der Waals surface area contributed by atoms with Gasteiger partial charge in [0.2, 0.25) is 0 Å². The Hall–Kier alpha value is -2.12. The van der Waals surface area contributed by atoms with Gasteiger partial charge in [-0.15, -0.1) is 0 Å². The molecule has 3 aliphatic rings. The van der Waals surface area contributed by atoms with E-state index in [1.54, 1.807) is 0 Å². The second kappa shape index (κ2) is 4.22. The third-order valence-electron chi connectivity index (χ3n) is 3.57. The first-order chi connectivity index (χ1) is 9.09. The zero-order valence-corrected chi connectivity index (χ0v) is 9.76. The summed E-state index contributed by atoms with van der Waals surface area (Å²) >= 11 is 0. The van der Waals surface area contributed by atoms with Crippen LogP contribution in [0.15, 0.2) is 36.1 Å². The number of amides is 1. The third-order valence-corrected chi connectivity index (χ3v) is 3.57. The molecule has 100 valence electrons. The number of aliphatic carboxylic acids is 1. The summed E-state index contributed by atoms with van der Waals surface area (Å²) in [5.41, 5.74) is 2.51. The first kappa shape index (κ1) is 11.9. The second-order valence-corrected chi connectivity index (χ2v) is 4.59. The van der Waals surface area contributed by atoms with Gasteiger partial charge in [0.25, 0.3) is 0 Å². The first-order valence-electron chi connectivity index (χ1n) is 5.83. The Labute approximate surface area is 108 Å². The van der Waals surface area contributed by atoms with Gasteiger partial charge in [0.15, 0.2) is 6.23 Å². The zero-order valence-electron chi connectivity index (χ0n) is 9.76. The van der Waals surface area contributed by atoms with E-state index in [2.05, 4.69) is 5.48 Å². The average molecular weight is 264 g/mol. The SMILES string of the molecule is O=C(O)C1=CC2C3C=CC=CC3NOC2N1C(=O)O. The standard InChI is InChI=1S/C12H12N2O5/c15-11(16)9-5-7-6-3-1-2-4-8(6)13-19-10(7)14(9)12(17)18/h1-8,10,13H,(H,15,16)(H,17,18). The Morgan fingerprint density at radius 2 is 1.95 bits per heavy atom. The highest BCUT2D eigenvalue weighted by Gasteiger charge is 2.49. The molecule has 0 bridgehead atoms. The third kappa shape index (κ3) is 1.74. The van der Waals surface area contributed by atoms with Crippen molar-refractivity contribution in [3.63, 3.8) is 0 Å². The quantitative estimate of drug-likeness (QED) is 0.639. The van der Waals surface area contributed by atoms with Crippen molar-refractivity contribution in [3.05, 3.63) is 36.1 Å². The number of hydroxylamine groups is 1. The van der Waals surface area contributed by atoms with Crippen LogP contribution < -0.4 is 5.48 Å². The van der Waals surface area contributed by atoms with E-state index in [-0.39, 0.29) is 23.6 Å². The van der Waals surface area contributed by atoms with Crippen molar-refractivity contribution in [2.75, 3.05) is 0 Å². The van der Waals surface area contributed by atoms with Gasteiger partial charge in [-0.1, -0.05) is 24.3 Å². The number of carbonyl (C=O) groups is 2. The summed E-state index contributed by atoms with van der Waals surface area (Å²) in [5, 5.41) is 18.2. The predicted octanol–water partition coefficient (Wildman–Crippen LogP) is 0.536. The predicted molar refractivity (Wildman–Crippen MR) is 62.6 cm³/mol. The summed E-state index contributed by atoms with van der Waals surface area (Å²) in [7, 11) is 0. The molecule has 7 heteroatoms. The molecule has 2 heterocycles. The van der Waals surface area contributed by atoms with E-state index in [9.17, 15) is 9.59 Å².